The van der Waals surface area contributed by atoms with Gasteiger partial charge in [-0.15, -0.1) is 0 Å². The molecule has 0 aliphatic carbocycles. The van der Waals surface area contributed by atoms with E-state index in [1.54, 1.807) is 0 Å². The second-order valence-electron chi connectivity index (χ2n) is 7.42. The molecule has 21 heavy (non-hydrogen) atoms. The molecule has 122 valence electrons. The molecule has 2 rings (SSSR count). The van der Waals surface area contributed by atoms with Crippen molar-refractivity contribution >= 4 is 17.9 Å². The lowest BCUT2D eigenvalue weighted by Crippen LogP contribution is -2.46. The quantitative estimate of drug-likeness (QED) is 0.869. The van der Waals surface area contributed by atoms with Gasteiger partial charge in [0.05, 0.1) is 0 Å². The standard InChI is InChI=1S/C16H30N2O2S/c1-12-8-14(11-21-12)17-9-13-6-5-7-18(10-13)15(19)20-16(2,3)4/h12-14,17H,5-11H2,1-4H3. The van der Waals surface area contributed by atoms with Gasteiger partial charge in [0.2, 0.25) is 0 Å². The summed E-state index contributed by atoms with van der Waals surface area (Å²) in [4.78, 5) is 14.0. The van der Waals surface area contributed by atoms with Gasteiger partial charge in [0.1, 0.15) is 5.60 Å². The third-order valence-corrected chi connectivity index (χ3v) is 5.42. The largest absolute Gasteiger partial charge is 0.444 e. The lowest BCUT2D eigenvalue weighted by atomic mass is 9.98. The van der Waals surface area contributed by atoms with E-state index in [9.17, 15) is 4.79 Å². The molecule has 2 saturated heterocycles. The Morgan fingerprint density at radius 2 is 2.19 bits per heavy atom. The van der Waals surface area contributed by atoms with E-state index in [0.29, 0.717) is 12.0 Å². The van der Waals surface area contributed by atoms with E-state index in [-0.39, 0.29) is 6.09 Å². The maximum absolute atomic E-state index is 12.1. The van der Waals surface area contributed by atoms with Crippen molar-refractivity contribution in [3.05, 3.63) is 0 Å². The van der Waals surface area contributed by atoms with Crippen LogP contribution in [0.5, 0.6) is 0 Å². The van der Waals surface area contributed by atoms with Crippen molar-refractivity contribution in [2.45, 2.75) is 63.9 Å². The molecule has 3 atom stereocenters. The van der Waals surface area contributed by atoms with Crippen molar-refractivity contribution in [3.8, 4) is 0 Å². The van der Waals surface area contributed by atoms with Crippen LogP contribution < -0.4 is 5.32 Å². The Hall–Kier alpha value is -0.420. The first-order valence-corrected chi connectivity index (χ1v) is 9.21. The van der Waals surface area contributed by atoms with Gasteiger partial charge in [0, 0.05) is 30.1 Å². The van der Waals surface area contributed by atoms with E-state index in [4.69, 9.17) is 4.74 Å². The van der Waals surface area contributed by atoms with Gasteiger partial charge in [-0.25, -0.2) is 4.79 Å². The van der Waals surface area contributed by atoms with Gasteiger partial charge >= 0.3 is 6.09 Å². The molecule has 0 spiro atoms. The smallest absolute Gasteiger partial charge is 0.410 e. The van der Waals surface area contributed by atoms with Crippen molar-refractivity contribution in [1.29, 1.82) is 0 Å². The van der Waals surface area contributed by atoms with Gasteiger partial charge < -0.3 is 15.0 Å². The van der Waals surface area contributed by atoms with Gasteiger partial charge in [-0.05, 0) is 52.5 Å². The summed E-state index contributed by atoms with van der Waals surface area (Å²) in [5.74, 6) is 1.79. The van der Waals surface area contributed by atoms with E-state index in [1.165, 1.54) is 18.6 Å². The predicted molar refractivity (Wildman–Crippen MR) is 88.9 cm³/mol. The highest BCUT2D eigenvalue weighted by molar-refractivity contribution is 8.00. The first-order valence-electron chi connectivity index (χ1n) is 8.16. The Morgan fingerprint density at radius 1 is 1.43 bits per heavy atom. The monoisotopic (exact) mass is 314 g/mol. The average Bonchev–Trinajstić information content (AvgIpc) is 2.81. The van der Waals surface area contributed by atoms with E-state index in [0.717, 1.165) is 31.3 Å². The normalized spacial score (nSPS) is 30.5. The Labute approximate surface area is 133 Å². The molecule has 0 aromatic rings. The number of rotatable bonds is 3. The van der Waals surface area contributed by atoms with Crippen LogP contribution in [0.15, 0.2) is 0 Å². The molecule has 0 saturated carbocycles. The van der Waals surface area contributed by atoms with Crippen LogP contribution >= 0.6 is 11.8 Å². The lowest BCUT2D eigenvalue weighted by Gasteiger charge is -2.34. The fourth-order valence-electron chi connectivity index (χ4n) is 3.02. The molecule has 1 amide bonds. The number of hydrogen-bond acceptors (Lipinski definition) is 4. The Kier molecular flexibility index (Phi) is 5.83. The Balaban J connectivity index is 1.74. The molecule has 0 aromatic heterocycles. The number of piperidine rings is 1. The van der Waals surface area contributed by atoms with E-state index in [2.05, 4.69) is 24.0 Å². The highest BCUT2D eigenvalue weighted by Gasteiger charge is 2.28. The van der Waals surface area contributed by atoms with Gasteiger partial charge in [-0.2, -0.15) is 11.8 Å². The zero-order chi connectivity index (χ0) is 15.5. The minimum atomic E-state index is -0.403. The second kappa shape index (κ2) is 7.23. The fraction of sp³-hybridized carbons (Fsp3) is 0.938. The van der Waals surface area contributed by atoms with Gasteiger partial charge in [0.15, 0.2) is 0 Å². The number of thioether (sulfide) groups is 1. The topological polar surface area (TPSA) is 41.6 Å². The van der Waals surface area contributed by atoms with Crippen molar-refractivity contribution in [2.75, 3.05) is 25.4 Å². The molecule has 0 radical (unpaired) electrons. The van der Waals surface area contributed by atoms with Crippen molar-refractivity contribution in [1.82, 2.24) is 10.2 Å². The Morgan fingerprint density at radius 3 is 2.81 bits per heavy atom. The van der Waals surface area contributed by atoms with Crippen LogP contribution in [0, 0.1) is 5.92 Å². The minimum Gasteiger partial charge on any atom is -0.444 e. The molecular weight excluding hydrogens is 284 g/mol. The summed E-state index contributed by atoms with van der Waals surface area (Å²) in [6.45, 7) is 10.8. The molecule has 1 N–H and O–H groups in total. The number of carbonyl (C=O) groups is 1. The SMILES string of the molecule is CC1CC(NCC2CCCN(C(=O)OC(C)(C)C)C2)CS1. The molecule has 0 aromatic carbocycles. The zero-order valence-electron chi connectivity index (χ0n) is 13.9. The number of nitrogens with zero attached hydrogens (tertiary/aromatic N) is 1. The fourth-order valence-corrected chi connectivity index (χ4v) is 4.20. The first kappa shape index (κ1) is 16.9. The molecule has 3 unspecified atom stereocenters. The molecule has 2 aliphatic heterocycles. The van der Waals surface area contributed by atoms with Gasteiger partial charge in [-0.3, -0.25) is 0 Å². The summed E-state index contributed by atoms with van der Waals surface area (Å²) in [6.07, 6.45) is 3.41. The Bertz CT molecular complexity index is 357. The molecule has 2 heterocycles. The third-order valence-electron chi connectivity index (χ3n) is 4.06. The van der Waals surface area contributed by atoms with Gasteiger partial charge in [-0.1, -0.05) is 6.92 Å². The summed E-state index contributed by atoms with van der Waals surface area (Å²) in [7, 11) is 0. The summed E-state index contributed by atoms with van der Waals surface area (Å²) in [6, 6.07) is 0.655. The molecule has 0 bridgehead atoms. The zero-order valence-corrected chi connectivity index (χ0v) is 14.7. The molecule has 2 aliphatic rings. The maximum atomic E-state index is 12.1. The number of hydrogen-bond donors (Lipinski definition) is 1. The third kappa shape index (κ3) is 5.70. The van der Waals surface area contributed by atoms with Crippen molar-refractivity contribution < 1.29 is 9.53 Å². The number of nitrogens with one attached hydrogen (secondary N) is 1. The second-order valence-corrected chi connectivity index (χ2v) is 8.89. The van der Waals surface area contributed by atoms with Crippen LogP contribution in [0.3, 0.4) is 0 Å². The van der Waals surface area contributed by atoms with Crippen LogP contribution in [0.4, 0.5) is 4.79 Å². The van der Waals surface area contributed by atoms with Crippen LogP contribution in [0.25, 0.3) is 0 Å². The highest BCUT2D eigenvalue weighted by Crippen LogP contribution is 2.26. The molecule has 5 heteroatoms. The summed E-state index contributed by atoms with van der Waals surface area (Å²) < 4.78 is 5.48. The number of likely N-dealkylation sites (tertiary alicyclic amines) is 1. The lowest BCUT2D eigenvalue weighted by molar-refractivity contribution is 0.0165. The van der Waals surface area contributed by atoms with E-state index in [1.807, 2.05) is 25.7 Å². The molecule has 2 fully saturated rings. The molecular formula is C16H30N2O2S. The first-order chi connectivity index (χ1) is 9.83. The minimum absolute atomic E-state index is 0.155. The number of ether oxygens (including phenoxy) is 1. The number of amides is 1. The van der Waals surface area contributed by atoms with Crippen LogP contribution in [0.1, 0.15) is 47.0 Å². The summed E-state index contributed by atoms with van der Waals surface area (Å²) >= 11 is 2.06. The predicted octanol–water partition coefficient (Wildman–Crippen LogP) is 3.12. The van der Waals surface area contributed by atoms with E-state index >= 15 is 0 Å². The van der Waals surface area contributed by atoms with Crippen LogP contribution in [-0.4, -0.2) is 53.3 Å². The number of carbonyl (C=O) groups excluding carboxylic acids is 1. The van der Waals surface area contributed by atoms with Crippen molar-refractivity contribution in [2.24, 2.45) is 5.92 Å². The van der Waals surface area contributed by atoms with Crippen LogP contribution in [-0.2, 0) is 4.74 Å². The van der Waals surface area contributed by atoms with Crippen molar-refractivity contribution in [3.63, 3.8) is 0 Å². The average molecular weight is 314 g/mol. The molecule has 4 nitrogen and oxygen atoms in total. The van der Waals surface area contributed by atoms with Crippen LogP contribution in [0.2, 0.25) is 0 Å². The van der Waals surface area contributed by atoms with E-state index < -0.39 is 5.60 Å². The highest BCUT2D eigenvalue weighted by atomic mass is 32.2. The summed E-state index contributed by atoms with van der Waals surface area (Å²) in [5, 5.41) is 4.47. The summed E-state index contributed by atoms with van der Waals surface area (Å²) in [5.41, 5.74) is -0.403. The maximum Gasteiger partial charge on any atom is 0.410 e. The van der Waals surface area contributed by atoms with Gasteiger partial charge in [0.25, 0.3) is 0 Å².